The summed E-state index contributed by atoms with van der Waals surface area (Å²) in [7, 11) is 0. The first kappa shape index (κ1) is 18.2. The lowest BCUT2D eigenvalue weighted by Crippen LogP contribution is -2.30. The first-order valence-electron chi connectivity index (χ1n) is 8.52. The first-order chi connectivity index (χ1) is 13.0. The predicted octanol–water partition coefficient (Wildman–Crippen LogP) is 4.31. The van der Waals surface area contributed by atoms with Crippen LogP contribution in [-0.4, -0.2) is 11.8 Å². The second kappa shape index (κ2) is 8.19. The van der Waals surface area contributed by atoms with Gasteiger partial charge in [-0.15, -0.1) is 0 Å². The molecule has 2 N–H and O–H groups in total. The fourth-order valence-corrected chi connectivity index (χ4v) is 2.49. The maximum atomic E-state index is 12.7. The van der Waals surface area contributed by atoms with E-state index in [9.17, 15) is 9.59 Å². The van der Waals surface area contributed by atoms with Gasteiger partial charge in [-0.3, -0.25) is 9.59 Å². The van der Waals surface area contributed by atoms with Gasteiger partial charge in [0.05, 0.1) is 6.26 Å². The van der Waals surface area contributed by atoms with E-state index >= 15 is 0 Å². The van der Waals surface area contributed by atoms with Gasteiger partial charge in [-0.05, 0) is 50.2 Å². The van der Waals surface area contributed by atoms with Gasteiger partial charge in [-0.1, -0.05) is 35.4 Å². The SMILES string of the molecule is Cc1ccc(NC(=O)/C(=C\c2ccco2)NC(=O)c2cccc(C)c2)cc1. The third-order valence-corrected chi connectivity index (χ3v) is 3.91. The molecule has 0 radical (unpaired) electrons. The van der Waals surface area contributed by atoms with E-state index < -0.39 is 5.91 Å². The minimum Gasteiger partial charge on any atom is -0.465 e. The Balaban J connectivity index is 1.83. The molecule has 0 saturated heterocycles. The minimum absolute atomic E-state index is 0.0945. The Bertz CT molecular complexity index is 971. The van der Waals surface area contributed by atoms with E-state index in [0.29, 0.717) is 17.0 Å². The van der Waals surface area contributed by atoms with Crippen molar-refractivity contribution in [2.75, 3.05) is 5.32 Å². The summed E-state index contributed by atoms with van der Waals surface area (Å²) in [5, 5.41) is 5.47. The highest BCUT2D eigenvalue weighted by molar-refractivity contribution is 6.10. The zero-order chi connectivity index (χ0) is 19.2. The highest BCUT2D eigenvalue weighted by atomic mass is 16.3. The van der Waals surface area contributed by atoms with Crippen LogP contribution in [0.25, 0.3) is 6.08 Å². The van der Waals surface area contributed by atoms with Gasteiger partial charge in [0.2, 0.25) is 0 Å². The van der Waals surface area contributed by atoms with E-state index in [2.05, 4.69) is 10.6 Å². The second-order valence-electron chi connectivity index (χ2n) is 6.22. The minimum atomic E-state index is -0.434. The van der Waals surface area contributed by atoms with Gasteiger partial charge in [0.25, 0.3) is 11.8 Å². The van der Waals surface area contributed by atoms with Crippen molar-refractivity contribution in [1.29, 1.82) is 0 Å². The van der Waals surface area contributed by atoms with Crippen LogP contribution in [0, 0.1) is 13.8 Å². The molecule has 3 rings (SSSR count). The average molecular weight is 360 g/mol. The average Bonchev–Trinajstić information content (AvgIpc) is 3.16. The van der Waals surface area contributed by atoms with Crippen LogP contribution in [0.4, 0.5) is 5.69 Å². The number of furan rings is 1. The maximum Gasteiger partial charge on any atom is 0.272 e. The molecular formula is C22H20N2O3. The molecule has 0 fully saturated rings. The van der Waals surface area contributed by atoms with Crippen molar-refractivity contribution in [3.8, 4) is 0 Å². The van der Waals surface area contributed by atoms with E-state index in [-0.39, 0.29) is 11.6 Å². The number of anilines is 1. The van der Waals surface area contributed by atoms with Crippen LogP contribution in [0.3, 0.4) is 0 Å². The lowest BCUT2D eigenvalue weighted by molar-refractivity contribution is -0.113. The van der Waals surface area contributed by atoms with Crippen molar-refractivity contribution < 1.29 is 14.0 Å². The van der Waals surface area contributed by atoms with Gasteiger partial charge in [-0.2, -0.15) is 0 Å². The van der Waals surface area contributed by atoms with E-state index in [4.69, 9.17) is 4.42 Å². The standard InChI is InChI=1S/C22H20N2O3/c1-15-8-10-18(11-9-15)23-22(26)20(14-19-7-4-12-27-19)24-21(25)17-6-3-5-16(2)13-17/h3-14H,1-2H3,(H,23,26)(H,24,25)/b20-14+. The summed E-state index contributed by atoms with van der Waals surface area (Å²) in [6, 6.07) is 18.0. The molecule has 0 bridgehead atoms. The van der Waals surface area contributed by atoms with Crippen LogP contribution >= 0.6 is 0 Å². The van der Waals surface area contributed by atoms with Crippen LogP contribution in [0.2, 0.25) is 0 Å². The summed E-state index contributed by atoms with van der Waals surface area (Å²) < 4.78 is 5.28. The molecule has 0 atom stereocenters. The number of benzene rings is 2. The van der Waals surface area contributed by atoms with E-state index in [1.165, 1.54) is 12.3 Å². The Hall–Kier alpha value is -3.60. The Morgan fingerprint density at radius 2 is 1.70 bits per heavy atom. The monoisotopic (exact) mass is 360 g/mol. The molecule has 1 heterocycles. The van der Waals surface area contributed by atoms with Crippen molar-refractivity contribution in [2.24, 2.45) is 0 Å². The second-order valence-corrected chi connectivity index (χ2v) is 6.22. The molecule has 3 aromatic rings. The number of carbonyl (C=O) groups excluding carboxylic acids is 2. The van der Waals surface area contributed by atoms with E-state index in [1.54, 1.807) is 42.5 Å². The topological polar surface area (TPSA) is 71.3 Å². The summed E-state index contributed by atoms with van der Waals surface area (Å²) >= 11 is 0. The fraction of sp³-hybridized carbons (Fsp3) is 0.0909. The summed E-state index contributed by atoms with van der Waals surface area (Å²) in [4.78, 5) is 25.3. The van der Waals surface area contributed by atoms with Crippen molar-refractivity contribution >= 4 is 23.6 Å². The van der Waals surface area contributed by atoms with Gasteiger partial charge >= 0.3 is 0 Å². The first-order valence-corrected chi connectivity index (χ1v) is 8.52. The smallest absolute Gasteiger partial charge is 0.272 e. The largest absolute Gasteiger partial charge is 0.465 e. The fourth-order valence-electron chi connectivity index (χ4n) is 2.49. The number of nitrogens with one attached hydrogen (secondary N) is 2. The van der Waals surface area contributed by atoms with Gasteiger partial charge in [0.1, 0.15) is 11.5 Å². The van der Waals surface area contributed by atoms with Crippen molar-refractivity contribution in [1.82, 2.24) is 5.32 Å². The number of hydrogen-bond donors (Lipinski definition) is 2. The zero-order valence-electron chi connectivity index (χ0n) is 15.2. The molecule has 0 aliphatic rings. The van der Waals surface area contributed by atoms with Gasteiger partial charge in [-0.25, -0.2) is 0 Å². The Morgan fingerprint density at radius 1 is 0.926 bits per heavy atom. The quantitative estimate of drug-likeness (QED) is 0.666. The van der Waals surface area contributed by atoms with E-state index in [0.717, 1.165) is 11.1 Å². The van der Waals surface area contributed by atoms with Gasteiger partial charge in [0.15, 0.2) is 0 Å². The molecule has 1 aromatic heterocycles. The lowest BCUT2D eigenvalue weighted by Gasteiger charge is -2.11. The Morgan fingerprint density at radius 3 is 2.37 bits per heavy atom. The highest BCUT2D eigenvalue weighted by Crippen LogP contribution is 2.13. The Kier molecular flexibility index (Phi) is 5.52. The summed E-state index contributed by atoms with van der Waals surface area (Å²) in [5.74, 6) is -0.333. The molecule has 2 amide bonds. The predicted molar refractivity (Wildman–Crippen MR) is 105 cm³/mol. The van der Waals surface area contributed by atoms with Gasteiger partial charge in [0, 0.05) is 17.3 Å². The van der Waals surface area contributed by atoms with Crippen molar-refractivity contribution in [2.45, 2.75) is 13.8 Å². The zero-order valence-corrected chi connectivity index (χ0v) is 15.2. The van der Waals surface area contributed by atoms with Crippen LogP contribution in [0.15, 0.2) is 77.0 Å². The summed E-state index contributed by atoms with van der Waals surface area (Å²) in [5.41, 5.74) is 3.26. The number of rotatable bonds is 5. The highest BCUT2D eigenvalue weighted by Gasteiger charge is 2.15. The molecule has 2 aromatic carbocycles. The van der Waals surface area contributed by atoms with Crippen molar-refractivity contribution in [3.63, 3.8) is 0 Å². The van der Waals surface area contributed by atoms with E-state index in [1.807, 2.05) is 32.0 Å². The van der Waals surface area contributed by atoms with Crippen LogP contribution in [-0.2, 0) is 4.79 Å². The normalized spacial score (nSPS) is 11.1. The summed E-state index contributed by atoms with van der Waals surface area (Å²) in [6.45, 7) is 3.87. The van der Waals surface area contributed by atoms with Crippen LogP contribution in [0.1, 0.15) is 27.2 Å². The Labute approximate surface area is 157 Å². The number of hydrogen-bond acceptors (Lipinski definition) is 3. The molecular weight excluding hydrogens is 340 g/mol. The molecule has 0 aliphatic heterocycles. The molecule has 0 aliphatic carbocycles. The number of carbonyl (C=O) groups is 2. The third kappa shape index (κ3) is 4.95. The molecule has 0 spiro atoms. The van der Waals surface area contributed by atoms with Crippen LogP contribution < -0.4 is 10.6 Å². The molecule has 0 saturated carbocycles. The number of aryl methyl sites for hydroxylation is 2. The number of amides is 2. The third-order valence-electron chi connectivity index (χ3n) is 3.91. The molecule has 0 unspecified atom stereocenters. The molecule has 136 valence electrons. The molecule has 5 heteroatoms. The van der Waals surface area contributed by atoms with Crippen LogP contribution in [0.5, 0.6) is 0 Å². The van der Waals surface area contributed by atoms with Gasteiger partial charge < -0.3 is 15.1 Å². The lowest BCUT2D eigenvalue weighted by atomic mass is 10.1. The molecule has 5 nitrogen and oxygen atoms in total. The summed E-state index contributed by atoms with van der Waals surface area (Å²) in [6.07, 6.45) is 3.00. The van der Waals surface area contributed by atoms with Crippen molar-refractivity contribution in [3.05, 3.63) is 95.1 Å². The maximum absolute atomic E-state index is 12.7. The molecule has 27 heavy (non-hydrogen) atoms.